The monoisotopic (exact) mass is 328 g/mol. The Balaban J connectivity index is 3.23. The van der Waals surface area contributed by atoms with Gasteiger partial charge in [0.15, 0.2) is 0 Å². The van der Waals surface area contributed by atoms with Crippen LogP contribution in [0, 0.1) is 0 Å². The van der Waals surface area contributed by atoms with E-state index in [-0.39, 0.29) is 22.6 Å². The summed E-state index contributed by atoms with van der Waals surface area (Å²) in [5.41, 5.74) is 0.293. The molecule has 0 spiro atoms. The van der Waals surface area contributed by atoms with Gasteiger partial charge in [0.2, 0.25) is 10.0 Å². The number of hydrogen-bond donors (Lipinski definition) is 2. The fraction of sp³-hybridized carbons (Fsp3) is 0.533. The Hall–Kier alpha value is -1.60. The Kier molecular flexibility index (Phi) is 6.83. The number of carbonyl (C=O) groups is 1. The molecule has 1 amide bonds. The molecule has 7 heteroatoms. The highest BCUT2D eigenvalue weighted by Gasteiger charge is 2.22. The van der Waals surface area contributed by atoms with Crippen LogP contribution in [0.15, 0.2) is 23.1 Å². The molecule has 22 heavy (non-hydrogen) atoms. The van der Waals surface area contributed by atoms with E-state index in [1.165, 1.54) is 12.1 Å². The highest BCUT2D eigenvalue weighted by molar-refractivity contribution is 7.89. The van der Waals surface area contributed by atoms with Gasteiger partial charge in [0.05, 0.1) is 6.61 Å². The van der Waals surface area contributed by atoms with Crippen LogP contribution in [-0.4, -0.2) is 33.5 Å². The van der Waals surface area contributed by atoms with Crippen LogP contribution in [0.5, 0.6) is 5.75 Å². The summed E-state index contributed by atoms with van der Waals surface area (Å²) in [6.45, 7) is 8.06. The second kappa shape index (κ2) is 8.14. The van der Waals surface area contributed by atoms with Crippen LogP contribution in [0.2, 0.25) is 0 Å². The van der Waals surface area contributed by atoms with E-state index in [2.05, 4.69) is 10.0 Å². The van der Waals surface area contributed by atoms with Gasteiger partial charge in [-0.2, -0.15) is 0 Å². The first kappa shape index (κ1) is 18.4. The second-order valence-corrected chi connectivity index (χ2v) is 6.81. The summed E-state index contributed by atoms with van der Waals surface area (Å²) in [6.07, 6.45) is 0.808. The molecule has 0 aromatic heterocycles. The molecule has 6 nitrogen and oxygen atoms in total. The highest BCUT2D eigenvalue weighted by atomic mass is 32.2. The molecule has 0 fully saturated rings. The number of benzene rings is 1. The molecular weight excluding hydrogens is 304 g/mol. The van der Waals surface area contributed by atoms with Crippen LogP contribution in [-0.2, 0) is 10.0 Å². The molecule has 0 radical (unpaired) electrons. The van der Waals surface area contributed by atoms with Gasteiger partial charge in [0, 0.05) is 18.2 Å². The first-order chi connectivity index (χ1) is 10.3. The van der Waals surface area contributed by atoms with Gasteiger partial charge in [-0.05, 0) is 45.4 Å². The van der Waals surface area contributed by atoms with Crippen LogP contribution >= 0.6 is 0 Å². The zero-order valence-electron chi connectivity index (χ0n) is 13.5. The number of sulfonamides is 1. The van der Waals surface area contributed by atoms with Crippen molar-refractivity contribution in [3.05, 3.63) is 23.8 Å². The third-order valence-corrected chi connectivity index (χ3v) is 4.40. The van der Waals surface area contributed by atoms with E-state index >= 15 is 0 Å². The van der Waals surface area contributed by atoms with E-state index in [0.29, 0.717) is 18.7 Å². The van der Waals surface area contributed by atoms with Gasteiger partial charge in [-0.25, -0.2) is 13.1 Å². The molecule has 0 aliphatic rings. The number of hydrogen-bond acceptors (Lipinski definition) is 4. The van der Waals surface area contributed by atoms with E-state index in [0.717, 1.165) is 6.42 Å². The minimum absolute atomic E-state index is 0.0211. The minimum Gasteiger partial charge on any atom is -0.492 e. The van der Waals surface area contributed by atoms with E-state index in [1.54, 1.807) is 26.8 Å². The SMILES string of the molecule is CCCNC(=O)c1ccc(OCC)c(S(=O)(=O)NC(C)C)c1. The molecule has 1 aromatic rings. The minimum atomic E-state index is -3.74. The standard InChI is InChI=1S/C15H24N2O4S/c1-5-9-16-15(18)12-7-8-13(21-6-2)14(10-12)22(19,20)17-11(3)4/h7-8,10-11,17H,5-6,9H2,1-4H3,(H,16,18). The second-order valence-electron chi connectivity index (χ2n) is 5.13. The Morgan fingerprint density at radius 2 is 1.95 bits per heavy atom. The highest BCUT2D eigenvalue weighted by Crippen LogP contribution is 2.25. The molecule has 0 saturated heterocycles. The third-order valence-electron chi connectivity index (χ3n) is 2.72. The van der Waals surface area contributed by atoms with Crippen molar-refractivity contribution in [2.24, 2.45) is 0 Å². The molecule has 0 heterocycles. The molecule has 0 bridgehead atoms. The van der Waals surface area contributed by atoms with Crippen molar-refractivity contribution in [2.75, 3.05) is 13.2 Å². The lowest BCUT2D eigenvalue weighted by Crippen LogP contribution is -2.31. The maximum Gasteiger partial charge on any atom is 0.251 e. The van der Waals surface area contributed by atoms with Crippen LogP contribution in [0.25, 0.3) is 0 Å². The van der Waals surface area contributed by atoms with Gasteiger partial charge in [-0.1, -0.05) is 6.92 Å². The molecule has 124 valence electrons. The fourth-order valence-electron chi connectivity index (χ4n) is 1.85. The Morgan fingerprint density at radius 1 is 1.27 bits per heavy atom. The number of nitrogens with one attached hydrogen (secondary N) is 2. The van der Waals surface area contributed by atoms with Crippen molar-refractivity contribution in [3.8, 4) is 5.75 Å². The quantitative estimate of drug-likeness (QED) is 0.763. The van der Waals surface area contributed by atoms with Gasteiger partial charge in [-0.15, -0.1) is 0 Å². The van der Waals surface area contributed by atoms with E-state index in [9.17, 15) is 13.2 Å². The Bertz CT molecular complexity index is 612. The summed E-state index contributed by atoms with van der Waals surface area (Å²) in [7, 11) is -3.74. The lowest BCUT2D eigenvalue weighted by molar-refractivity contribution is 0.0953. The molecular formula is C15H24N2O4S. The van der Waals surface area contributed by atoms with Crippen molar-refractivity contribution >= 4 is 15.9 Å². The third kappa shape index (κ3) is 4.99. The summed E-state index contributed by atoms with van der Waals surface area (Å²) in [6, 6.07) is 4.17. The summed E-state index contributed by atoms with van der Waals surface area (Å²) in [4.78, 5) is 12.0. The van der Waals surface area contributed by atoms with Crippen LogP contribution < -0.4 is 14.8 Å². The van der Waals surface area contributed by atoms with E-state index < -0.39 is 10.0 Å². The maximum absolute atomic E-state index is 12.4. The average molecular weight is 328 g/mol. The summed E-state index contributed by atoms with van der Waals surface area (Å²) >= 11 is 0. The number of carbonyl (C=O) groups excluding carboxylic acids is 1. The molecule has 0 aliphatic carbocycles. The number of rotatable bonds is 8. The largest absolute Gasteiger partial charge is 0.492 e. The maximum atomic E-state index is 12.4. The van der Waals surface area contributed by atoms with Crippen molar-refractivity contribution in [1.82, 2.24) is 10.0 Å². The van der Waals surface area contributed by atoms with Gasteiger partial charge >= 0.3 is 0 Å². The normalized spacial score (nSPS) is 11.5. The smallest absolute Gasteiger partial charge is 0.251 e. The topological polar surface area (TPSA) is 84.5 Å². The molecule has 0 unspecified atom stereocenters. The van der Waals surface area contributed by atoms with Crippen LogP contribution in [0.1, 0.15) is 44.5 Å². The van der Waals surface area contributed by atoms with Gasteiger partial charge < -0.3 is 10.1 Å². The fourth-order valence-corrected chi connectivity index (χ4v) is 3.27. The lowest BCUT2D eigenvalue weighted by atomic mass is 10.2. The van der Waals surface area contributed by atoms with Gasteiger partial charge in [0.1, 0.15) is 10.6 Å². The van der Waals surface area contributed by atoms with Crippen LogP contribution in [0.4, 0.5) is 0 Å². The Morgan fingerprint density at radius 3 is 2.50 bits per heavy atom. The molecule has 1 rings (SSSR count). The predicted molar refractivity (Wildman–Crippen MR) is 85.7 cm³/mol. The van der Waals surface area contributed by atoms with Crippen molar-refractivity contribution < 1.29 is 17.9 Å². The predicted octanol–water partition coefficient (Wildman–Crippen LogP) is 1.91. The molecule has 2 N–H and O–H groups in total. The molecule has 0 saturated carbocycles. The average Bonchev–Trinajstić information content (AvgIpc) is 2.44. The van der Waals surface area contributed by atoms with Gasteiger partial charge in [-0.3, -0.25) is 4.79 Å². The Labute approximate surface area is 132 Å². The first-order valence-corrected chi connectivity index (χ1v) is 8.87. The lowest BCUT2D eigenvalue weighted by Gasteiger charge is -2.15. The zero-order valence-corrected chi connectivity index (χ0v) is 14.3. The van der Waals surface area contributed by atoms with E-state index in [4.69, 9.17) is 4.74 Å². The van der Waals surface area contributed by atoms with Crippen molar-refractivity contribution in [2.45, 2.75) is 45.1 Å². The molecule has 1 aromatic carbocycles. The van der Waals surface area contributed by atoms with Crippen molar-refractivity contribution in [3.63, 3.8) is 0 Å². The molecule has 0 aliphatic heterocycles. The molecule has 0 atom stereocenters. The summed E-state index contributed by atoms with van der Waals surface area (Å²) < 4.78 is 32.7. The zero-order chi connectivity index (χ0) is 16.8. The summed E-state index contributed by atoms with van der Waals surface area (Å²) in [5.74, 6) is -0.0615. The van der Waals surface area contributed by atoms with Crippen LogP contribution in [0.3, 0.4) is 0 Å². The number of ether oxygens (including phenoxy) is 1. The first-order valence-electron chi connectivity index (χ1n) is 7.39. The summed E-state index contributed by atoms with van der Waals surface area (Å²) in [5, 5.41) is 2.72. The van der Waals surface area contributed by atoms with Gasteiger partial charge in [0.25, 0.3) is 5.91 Å². The van der Waals surface area contributed by atoms with E-state index in [1.807, 2.05) is 6.92 Å². The number of amides is 1. The van der Waals surface area contributed by atoms with Crippen molar-refractivity contribution in [1.29, 1.82) is 0 Å².